The number of hydrogen-bond acceptors (Lipinski definition) is 2. The van der Waals surface area contributed by atoms with Gasteiger partial charge in [-0.1, -0.05) is 49.7 Å². The molecule has 0 radical (unpaired) electrons. The van der Waals surface area contributed by atoms with E-state index in [1.807, 2.05) is 11.3 Å². The van der Waals surface area contributed by atoms with Crippen LogP contribution in [-0.4, -0.2) is 6.04 Å². The van der Waals surface area contributed by atoms with E-state index in [-0.39, 0.29) is 0 Å². The maximum atomic E-state index is 3.88. The van der Waals surface area contributed by atoms with Crippen molar-refractivity contribution in [2.45, 2.75) is 51.6 Å². The molecule has 2 heteroatoms. The fourth-order valence-electron chi connectivity index (χ4n) is 3.28. The van der Waals surface area contributed by atoms with Gasteiger partial charge >= 0.3 is 0 Å². The summed E-state index contributed by atoms with van der Waals surface area (Å²) in [5, 5.41) is 6.06. The van der Waals surface area contributed by atoms with E-state index in [1.165, 1.54) is 28.8 Å². The van der Waals surface area contributed by atoms with E-state index >= 15 is 0 Å². The quantitative estimate of drug-likeness (QED) is 0.791. The fourth-order valence-corrected chi connectivity index (χ4v) is 4.23. The highest BCUT2D eigenvalue weighted by Crippen LogP contribution is 2.39. The first-order chi connectivity index (χ1) is 10.1. The smallest absolute Gasteiger partial charge is 0.0440 e. The topological polar surface area (TPSA) is 12.0 Å². The molecule has 1 heterocycles. The van der Waals surface area contributed by atoms with Crippen LogP contribution in [-0.2, 0) is 0 Å². The molecular formula is C19H25NS. The van der Waals surface area contributed by atoms with Gasteiger partial charge in [-0.25, -0.2) is 0 Å². The number of nitrogens with one attached hydrogen (secondary N) is 1. The van der Waals surface area contributed by atoms with Crippen LogP contribution in [0.25, 0.3) is 0 Å². The molecule has 1 aromatic heterocycles. The molecular weight excluding hydrogens is 274 g/mol. The van der Waals surface area contributed by atoms with Crippen molar-refractivity contribution in [3.63, 3.8) is 0 Å². The molecule has 1 atom stereocenters. The Labute approximate surface area is 132 Å². The molecule has 0 bridgehead atoms. The molecule has 1 aliphatic carbocycles. The minimum Gasteiger partial charge on any atom is -0.306 e. The van der Waals surface area contributed by atoms with Crippen molar-refractivity contribution < 1.29 is 0 Å². The molecule has 0 spiro atoms. The van der Waals surface area contributed by atoms with Crippen LogP contribution in [0, 0.1) is 12.8 Å². The fraction of sp³-hybridized carbons (Fsp3) is 0.474. The van der Waals surface area contributed by atoms with Gasteiger partial charge in [0.1, 0.15) is 0 Å². The van der Waals surface area contributed by atoms with Crippen LogP contribution in [0.5, 0.6) is 0 Å². The maximum Gasteiger partial charge on any atom is 0.0440 e. The first-order valence-corrected chi connectivity index (χ1v) is 8.87. The zero-order chi connectivity index (χ0) is 14.8. The molecule has 0 amide bonds. The van der Waals surface area contributed by atoms with Gasteiger partial charge in [0.25, 0.3) is 0 Å². The minimum absolute atomic E-state index is 0.508. The van der Waals surface area contributed by atoms with E-state index in [0.717, 1.165) is 5.92 Å². The molecule has 1 nitrogen and oxygen atoms in total. The second kappa shape index (κ2) is 6.33. The maximum absolute atomic E-state index is 3.88. The van der Waals surface area contributed by atoms with E-state index in [9.17, 15) is 0 Å². The molecule has 1 aliphatic rings. The molecule has 3 rings (SSSR count). The first kappa shape index (κ1) is 14.8. The summed E-state index contributed by atoms with van der Waals surface area (Å²) in [6.45, 7) is 6.81. The van der Waals surface area contributed by atoms with Gasteiger partial charge in [-0.05, 0) is 48.6 Å². The second-order valence-corrected chi connectivity index (χ2v) is 7.66. The van der Waals surface area contributed by atoms with Crippen molar-refractivity contribution >= 4 is 11.3 Å². The number of benzene rings is 1. The SMILES string of the molecule is Cc1cccc(C2CC(NC(c3cccs3)C(C)C)C2)c1. The van der Waals surface area contributed by atoms with Crippen LogP contribution in [0.3, 0.4) is 0 Å². The summed E-state index contributed by atoms with van der Waals surface area (Å²) in [6, 6.07) is 14.6. The van der Waals surface area contributed by atoms with E-state index in [2.05, 4.69) is 67.9 Å². The Morgan fingerprint density at radius 1 is 1.14 bits per heavy atom. The lowest BCUT2D eigenvalue weighted by atomic mass is 9.75. The van der Waals surface area contributed by atoms with Crippen LogP contribution in [0.1, 0.15) is 54.7 Å². The number of aryl methyl sites for hydroxylation is 1. The molecule has 1 saturated carbocycles. The molecule has 1 N–H and O–H groups in total. The zero-order valence-electron chi connectivity index (χ0n) is 13.2. The van der Waals surface area contributed by atoms with Gasteiger partial charge in [-0.15, -0.1) is 11.3 Å². The van der Waals surface area contributed by atoms with Gasteiger partial charge in [0.15, 0.2) is 0 Å². The van der Waals surface area contributed by atoms with Gasteiger partial charge in [-0.2, -0.15) is 0 Å². The van der Waals surface area contributed by atoms with Crippen molar-refractivity contribution in [2.75, 3.05) is 0 Å². The van der Waals surface area contributed by atoms with Crippen LogP contribution in [0.4, 0.5) is 0 Å². The monoisotopic (exact) mass is 299 g/mol. The van der Waals surface area contributed by atoms with E-state index < -0.39 is 0 Å². The highest BCUT2D eigenvalue weighted by atomic mass is 32.1. The predicted octanol–water partition coefficient (Wildman–Crippen LogP) is 5.29. The molecule has 0 saturated heterocycles. The van der Waals surface area contributed by atoms with Crippen molar-refractivity contribution in [1.29, 1.82) is 0 Å². The summed E-state index contributed by atoms with van der Waals surface area (Å²) < 4.78 is 0. The normalized spacial score (nSPS) is 23.0. The lowest BCUT2D eigenvalue weighted by molar-refractivity contribution is 0.243. The molecule has 0 aliphatic heterocycles. The highest BCUT2D eigenvalue weighted by molar-refractivity contribution is 7.10. The zero-order valence-corrected chi connectivity index (χ0v) is 14.0. The summed E-state index contributed by atoms with van der Waals surface area (Å²) >= 11 is 1.87. The second-order valence-electron chi connectivity index (χ2n) is 6.68. The largest absolute Gasteiger partial charge is 0.306 e. The highest BCUT2D eigenvalue weighted by Gasteiger charge is 2.32. The van der Waals surface area contributed by atoms with Crippen LogP contribution >= 0.6 is 11.3 Å². The summed E-state index contributed by atoms with van der Waals surface area (Å²) in [4.78, 5) is 1.48. The molecule has 21 heavy (non-hydrogen) atoms. The van der Waals surface area contributed by atoms with E-state index in [4.69, 9.17) is 0 Å². The van der Waals surface area contributed by atoms with Gasteiger partial charge in [0, 0.05) is 17.0 Å². The van der Waals surface area contributed by atoms with Crippen LogP contribution < -0.4 is 5.32 Å². The molecule has 1 unspecified atom stereocenters. The van der Waals surface area contributed by atoms with Crippen molar-refractivity contribution in [2.24, 2.45) is 5.92 Å². The summed E-state index contributed by atoms with van der Waals surface area (Å²) in [7, 11) is 0. The minimum atomic E-state index is 0.508. The third-order valence-electron chi connectivity index (χ3n) is 4.58. The van der Waals surface area contributed by atoms with E-state index in [0.29, 0.717) is 18.0 Å². The summed E-state index contributed by atoms with van der Waals surface area (Å²) in [6.07, 6.45) is 2.55. The van der Waals surface area contributed by atoms with Gasteiger partial charge < -0.3 is 5.32 Å². The molecule has 1 fully saturated rings. The Morgan fingerprint density at radius 3 is 2.57 bits per heavy atom. The third kappa shape index (κ3) is 3.38. The van der Waals surface area contributed by atoms with Crippen molar-refractivity contribution in [1.82, 2.24) is 5.32 Å². The lowest BCUT2D eigenvalue weighted by Gasteiger charge is -2.39. The molecule has 112 valence electrons. The Balaban J connectivity index is 1.59. The Hall–Kier alpha value is -1.12. The van der Waals surface area contributed by atoms with Gasteiger partial charge in [0.2, 0.25) is 0 Å². The Bertz CT molecular complexity index is 567. The summed E-state index contributed by atoms with van der Waals surface area (Å²) in [5.41, 5.74) is 2.90. The van der Waals surface area contributed by atoms with E-state index in [1.54, 1.807) is 0 Å². The van der Waals surface area contributed by atoms with Crippen molar-refractivity contribution in [3.05, 3.63) is 57.8 Å². The lowest BCUT2D eigenvalue weighted by Crippen LogP contribution is -2.43. The number of rotatable bonds is 5. The number of thiophene rings is 1. The predicted molar refractivity (Wildman–Crippen MR) is 92.0 cm³/mol. The molecule has 2 aromatic rings. The Morgan fingerprint density at radius 2 is 1.95 bits per heavy atom. The van der Waals surface area contributed by atoms with Gasteiger partial charge in [0.05, 0.1) is 0 Å². The first-order valence-electron chi connectivity index (χ1n) is 7.99. The summed E-state index contributed by atoms with van der Waals surface area (Å²) in [5.74, 6) is 1.39. The van der Waals surface area contributed by atoms with Crippen LogP contribution in [0.2, 0.25) is 0 Å². The van der Waals surface area contributed by atoms with Crippen molar-refractivity contribution in [3.8, 4) is 0 Å². The van der Waals surface area contributed by atoms with Gasteiger partial charge in [-0.3, -0.25) is 0 Å². The Kier molecular flexibility index (Phi) is 4.46. The number of hydrogen-bond donors (Lipinski definition) is 1. The molecule has 1 aromatic carbocycles. The third-order valence-corrected chi connectivity index (χ3v) is 5.54. The van der Waals surface area contributed by atoms with Crippen LogP contribution in [0.15, 0.2) is 41.8 Å². The average Bonchev–Trinajstić information content (AvgIpc) is 2.90. The standard InChI is InChI=1S/C19H25NS/c1-13(2)19(18-8-5-9-21-18)20-17-11-16(12-17)15-7-4-6-14(3)10-15/h4-10,13,16-17,19-20H,11-12H2,1-3H3. The average molecular weight is 299 g/mol.